The van der Waals surface area contributed by atoms with E-state index >= 15 is 0 Å². The lowest BCUT2D eigenvalue weighted by Crippen LogP contribution is -2.30. The van der Waals surface area contributed by atoms with Crippen molar-refractivity contribution in [2.45, 2.75) is 32.5 Å². The number of carboxylic acid groups (broad SMARTS) is 1. The minimum atomic E-state index is -4.62. The Morgan fingerprint density at radius 3 is 2.44 bits per heavy atom. The van der Waals surface area contributed by atoms with Crippen LogP contribution in [0.1, 0.15) is 23.9 Å². The lowest BCUT2D eigenvalue weighted by atomic mass is 10.2. The molecule has 0 bridgehead atoms. The summed E-state index contributed by atoms with van der Waals surface area (Å²) in [4.78, 5) is 10.4. The zero-order valence-corrected chi connectivity index (χ0v) is 8.75. The number of hydrogen-bond acceptors (Lipinski definition) is 2. The van der Waals surface area contributed by atoms with Crippen molar-refractivity contribution in [1.29, 1.82) is 0 Å². The number of hydrogen-bond donors (Lipinski definition) is 1. The highest BCUT2D eigenvalue weighted by Crippen LogP contribution is 2.33. The van der Waals surface area contributed by atoms with Gasteiger partial charge in [-0.2, -0.15) is 18.3 Å². The van der Waals surface area contributed by atoms with Gasteiger partial charge in [0.2, 0.25) is 0 Å². The first-order valence-corrected chi connectivity index (χ1v) is 4.53. The van der Waals surface area contributed by atoms with Gasteiger partial charge in [-0.15, -0.1) is 0 Å². The maximum absolute atomic E-state index is 12.6. The predicted molar refractivity (Wildman–Crippen MR) is 49.0 cm³/mol. The summed E-state index contributed by atoms with van der Waals surface area (Å²) < 4.78 is 38.6. The molecule has 0 aliphatic heterocycles. The second-order valence-corrected chi connectivity index (χ2v) is 3.53. The molecule has 1 unspecified atom stereocenters. The van der Waals surface area contributed by atoms with Crippen LogP contribution in [0.2, 0.25) is 0 Å². The Hall–Kier alpha value is -1.53. The van der Waals surface area contributed by atoms with Gasteiger partial charge in [0.15, 0.2) is 6.04 Å². The zero-order valence-electron chi connectivity index (χ0n) is 8.75. The molecular weight excluding hydrogens is 225 g/mol. The molecule has 0 saturated carbocycles. The molecule has 1 heterocycles. The summed E-state index contributed by atoms with van der Waals surface area (Å²) in [5.41, 5.74) is 0.721. The van der Waals surface area contributed by atoms with Crippen molar-refractivity contribution in [1.82, 2.24) is 9.78 Å². The van der Waals surface area contributed by atoms with Crippen LogP contribution in [-0.4, -0.2) is 27.0 Å². The number of alkyl halides is 3. The molecule has 1 N–H and O–H groups in total. The standard InChI is InChI=1S/C9H11F3N2O2/c1-5-3-6(2)14(13-5)7(4-8(15)16)9(10,11)12/h3,7H,4H2,1-2H3,(H,15,16). The van der Waals surface area contributed by atoms with Crippen LogP contribution >= 0.6 is 0 Å². The van der Waals surface area contributed by atoms with Crippen molar-refractivity contribution < 1.29 is 23.1 Å². The van der Waals surface area contributed by atoms with Crippen molar-refractivity contribution in [3.63, 3.8) is 0 Å². The fourth-order valence-electron chi connectivity index (χ4n) is 1.47. The number of aromatic nitrogens is 2. The van der Waals surface area contributed by atoms with E-state index in [0.29, 0.717) is 16.1 Å². The summed E-state index contributed by atoms with van der Waals surface area (Å²) in [6.45, 7) is 3.01. The van der Waals surface area contributed by atoms with Gasteiger partial charge in [0, 0.05) is 5.69 Å². The van der Waals surface area contributed by atoms with Gasteiger partial charge in [-0.25, -0.2) is 0 Å². The topological polar surface area (TPSA) is 55.1 Å². The van der Waals surface area contributed by atoms with Gasteiger partial charge in [-0.1, -0.05) is 0 Å². The molecule has 1 atom stereocenters. The highest BCUT2D eigenvalue weighted by atomic mass is 19.4. The van der Waals surface area contributed by atoms with E-state index in [-0.39, 0.29) is 0 Å². The maximum atomic E-state index is 12.6. The van der Waals surface area contributed by atoms with Crippen LogP contribution in [0.25, 0.3) is 0 Å². The first-order valence-electron chi connectivity index (χ1n) is 4.53. The van der Waals surface area contributed by atoms with Crippen LogP contribution in [-0.2, 0) is 4.79 Å². The average Bonchev–Trinajstić information content (AvgIpc) is 2.38. The minimum absolute atomic E-state index is 0.293. The highest BCUT2D eigenvalue weighted by Gasteiger charge is 2.43. The molecular formula is C9H11F3N2O2. The summed E-state index contributed by atoms with van der Waals surface area (Å²) in [6, 6.07) is -0.640. The average molecular weight is 236 g/mol. The second kappa shape index (κ2) is 4.15. The largest absolute Gasteiger partial charge is 0.481 e. The third-order valence-corrected chi connectivity index (χ3v) is 2.09. The molecule has 1 aromatic rings. The fraction of sp³-hybridized carbons (Fsp3) is 0.556. The van der Waals surface area contributed by atoms with E-state index in [1.54, 1.807) is 6.92 Å². The normalized spacial score (nSPS) is 13.8. The molecule has 7 heteroatoms. The van der Waals surface area contributed by atoms with Crippen LogP contribution in [0.5, 0.6) is 0 Å². The number of nitrogens with zero attached hydrogens (tertiary/aromatic N) is 2. The molecule has 4 nitrogen and oxygen atoms in total. The van der Waals surface area contributed by atoms with Gasteiger partial charge < -0.3 is 5.11 Å². The van der Waals surface area contributed by atoms with Gasteiger partial charge in [-0.05, 0) is 19.9 Å². The van der Waals surface area contributed by atoms with E-state index in [4.69, 9.17) is 5.11 Å². The highest BCUT2D eigenvalue weighted by molar-refractivity contribution is 5.67. The van der Waals surface area contributed by atoms with Gasteiger partial charge in [0.05, 0.1) is 12.1 Å². The molecule has 0 radical (unpaired) electrons. The second-order valence-electron chi connectivity index (χ2n) is 3.53. The zero-order chi connectivity index (χ0) is 12.5. The van der Waals surface area contributed by atoms with Gasteiger partial charge >= 0.3 is 12.1 Å². The summed E-state index contributed by atoms with van der Waals surface area (Å²) in [5.74, 6) is -1.50. The van der Waals surface area contributed by atoms with E-state index in [0.717, 1.165) is 0 Å². The molecule has 0 aliphatic rings. The summed E-state index contributed by atoms with van der Waals surface area (Å²) in [7, 11) is 0. The smallest absolute Gasteiger partial charge is 0.411 e. The third-order valence-electron chi connectivity index (χ3n) is 2.09. The summed E-state index contributed by atoms with van der Waals surface area (Å²) >= 11 is 0. The van der Waals surface area contributed by atoms with Gasteiger partial charge in [0.1, 0.15) is 0 Å². The molecule has 0 spiro atoms. The van der Waals surface area contributed by atoms with E-state index in [9.17, 15) is 18.0 Å². The number of halogens is 3. The molecule has 16 heavy (non-hydrogen) atoms. The molecule has 0 aliphatic carbocycles. The molecule has 0 fully saturated rings. The fourth-order valence-corrected chi connectivity index (χ4v) is 1.47. The third kappa shape index (κ3) is 2.74. The number of carbonyl (C=O) groups is 1. The first kappa shape index (κ1) is 12.5. The number of rotatable bonds is 3. The minimum Gasteiger partial charge on any atom is -0.481 e. The Bertz CT molecular complexity index is 398. The molecule has 0 amide bonds. The molecule has 1 rings (SSSR count). The Morgan fingerprint density at radius 1 is 1.56 bits per heavy atom. The van der Waals surface area contributed by atoms with Crippen LogP contribution < -0.4 is 0 Å². The van der Waals surface area contributed by atoms with Crippen LogP contribution in [0.3, 0.4) is 0 Å². The lowest BCUT2D eigenvalue weighted by molar-refractivity contribution is -0.179. The van der Waals surface area contributed by atoms with Crippen molar-refractivity contribution in [3.05, 3.63) is 17.5 Å². The van der Waals surface area contributed by atoms with Crippen LogP contribution in [0.15, 0.2) is 6.07 Å². The SMILES string of the molecule is Cc1cc(C)n(C(CC(=O)O)C(F)(F)F)n1. The molecule has 0 saturated heterocycles. The number of carboxylic acids is 1. The van der Waals surface area contributed by atoms with Crippen molar-refractivity contribution >= 4 is 5.97 Å². The maximum Gasteiger partial charge on any atom is 0.411 e. The summed E-state index contributed by atoms with van der Waals surface area (Å²) in [6.07, 6.45) is -5.65. The quantitative estimate of drug-likeness (QED) is 0.874. The van der Waals surface area contributed by atoms with E-state index in [1.807, 2.05) is 0 Å². The Morgan fingerprint density at radius 2 is 2.12 bits per heavy atom. The summed E-state index contributed by atoms with van der Waals surface area (Å²) in [5, 5.41) is 12.1. The van der Waals surface area contributed by atoms with Gasteiger partial charge in [0.25, 0.3) is 0 Å². The van der Waals surface area contributed by atoms with E-state index in [1.165, 1.54) is 13.0 Å². The van der Waals surface area contributed by atoms with Crippen molar-refractivity contribution in [2.24, 2.45) is 0 Å². The lowest BCUT2D eigenvalue weighted by Gasteiger charge is -2.20. The van der Waals surface area contributed by atoms with Crippen LogP contribution in [0, 0.1) is 13.8 Å². The Kier molecular flexibility index (Phi) is 3.25. The predicted octanol–water partition coefficient (Wildman–Crippen LogP) is 2.08. The number of aliphatic carboxylic acids is 1. The van der Waals surface area contributed by atoms with Gasteiger partial charge in [-0.3, -0.25) is 9.48 Å². The van der Waals surface area contributed by atoms with E-state index in [2.05, 4.69) is 5.10 Å². The van der Waals surface area contributed by atoms with Crippen LogP contribution in [0.4, 0.5) is 13.2 Å². The Balaban J connectivity index is 3.11. The van der Waals surface area contributed by atoms with E-state index < -0.39 is 24.6 Å². The van der Waals surface area contributed by atoms with Crippen molar-refractivity contribution in [3.8, 4) is 0 Å². The number of aryl methyl sites for hydroxylation is 2. The molecule has 1 aromatic heterocycles. The molecule has 0 aromatic carbocycles. The Labute approximate surface area is 89.7 Å². The van der Waals surface area contributed by atoms with Crippen molar-refractivity contribution in [2.75, 3.05) is 0 Å². The first-order chi connectivity index (χ1) is 7.21. The monoisotopic (exact) mass is 236 g/mol. The molecule has 90 valence electrons.